The number of rotatable bonds is 5. The van der Waals surface area contributed by atoms with Gasteiger partial charge >= 0.3 is 5.97 Å². The van der Waals surface area contributed by atoms with Gasteiger partial charge in [-0.1, -0.05) is 13.3 Å². The zero-order valence-corrected chi connectivity index (χ0v) is 11.6. The third kappa shape index (κ3) is 3.78. The van der Waals surface area contributed by atoms with Gasteiger partial charge in [0, 0.05) is 17.8 Å². The topological polar surface area (TPSA) is 53.4 Å². The van der Waals surface area contributed by atoms with Gasteiger partial charge in [0.2, 0.25) is 0 Å². The summed E-state index contributed by atoms with van der Waals surface area (Å²) < 4.78 is 0. The first-order valence-electron chi connectivity index (χ1n) is 6.53. The largest absolute Gasteiger partial charge is 0.481 e. The summed E-state index contributed by atoms with van der Waals surface area (Å²) in [6, 6.07) is 0. The molecule has 1 N–H and O–H groups in total. The maximum atomic E-state index is 10.6. The number of carboxylic acid groups (broad SMARTS) is 1. The van der Waals surface area contributed by atoms with Crippen LogP contribution in [-0.4, -0.2) is 40.6 Å². The van der Waals surface area contributed by atoms with E-state index in [4.69, 9.17) is 5.11 Å². The lowest BCUT2D eigenvalue weighted by atomic mass is 10.1. The van der Waals surface area contributed by atoms with Crippen LogP contribution in [0.3, 0.4) is 0 Å². The van der Waals surface area contributed by atoms with Crippen LogP contribution in [0.15, 0.2) is 5.38 Å². The summed E-state index contributed by atoms with van der Waals surface area (Å²) in [5, 5.41) is 11.7. The van der Waals surface area contributed by atoms with E-state index in [-0.39, 0.29) is 6.42 Å². The van der Waals surface area contributed by atoms with E-state index in [1.54, 1.807) is 11.3 Å². The van der Waals surface area contributed by atoms with Gasteiger partial charge in [-0.2, -0.15) is 0 Å². The van der Waals surface area contributed by atoms with Crippen molar-refractivity contribution in [3.63, 3.8) is 0 Å². The van der Waals surface area contributed by atoms with Gasteiger partial charge in [-0.05, 0) is 25.9 Å². The molecule has 0 aromatic carbocycles. The Bertz CT molecular complexity index is 399. The minimum Gasteiger partial charge on any atom is -0.481 e. The second kappa shape index (κ2) is 6.29. The number of likely N-dealkylation sites (tertiary alicyclic amines) is 1. The van der Waals surface area contributed by atoms with Crippen LogP contribution in [0, 0.1) is 0 Å². The fraction of sp³-hybridized carbons (Fsp3) is 0.692. The molecule has 1 atom stereocenters. The number of hydrogen-bond acceptors (Lipinski definition) is 4. The Morgan fingerprint density at radius 2 is 2.22 bits per heavy atom. The normalized spacial score (nSPS) is 18.7. The van der Waals surface area contributed by atoms with Crippen molar-refractivity contribution in [2.24, 2.45) is 0 Å². The standard InChI is InChI=1S/C13H20N2O2S/c1-10(8-15-5-3-2-4-6-15)13-14-11(9-18-13)7-12(16)17/h9-10H,2-8H2,1H3,(H,16,17). The molecule has 1 unspecified atom stereocenters. The molecule has 0 spiro atoms. The molecule has 1 aromatic heterocycles. The SMILES string of the molecule is CC(CN1CCCCC1)c1nc(CC(=O)O)cs1. The predicted molar refractivity (Wildman–Crippen MR) is 72.2 cm³/mol. The van der Waals surface area contributed by atoms with Crippen molar-refractivity contribution >= 4 is 17.3 Å². The fourth-order valence-electron chi connectivity index (χ4n) is 2.39. The minimum absolute atomic E-state index is 0.0347. The summed E-state index contributed by atoms with van der Waals surface area (Å²) in [4.78, 5) is 17.5. The smallest absolute Gasteiger partial charge is 0.309 e. The average molecular weight is 268 g/mol. The van der Waals surface area contributed by atoms with Crippen LogP contribution in [0.1, 0.15) is 42.8 Å². The zero-order chi connectivity index (χ0) is 13.0. The summed E-state index contributed by atoms with van der Waals surface area (Å²) in [6.45, 7) is 5.60. The maximum Gasteiger partial charge on any atom is 0.309 e. The summed E-state index contributed by atoms with van der Waals surface area (Å²) in [5.41, 5.74) is 0.688. The summed E-state index contributed by atoms with van der Waals surface area (Å²) >= 11 is 1.59. The Kier molecular flexibility index (Phi) is 4.72. The first-order valence-corrected chi connectivity index (χ1v) is 7.41. The molecule has 0 radical (unpaired) electrons. The predicted octanol–water partition coefficient (Wildman–Crippen LogP) is 2.36. The van der Waals surface area contributed by atoms with Crippen LogP contribution >= 0.6 is 11.3 Å². The molecule has 2 heterocycles. The minimum atomic E-state index is -0.810. The van der Waals surface area contributed by atoms with Crippen LogP contribution in [0.4, 0.5) is 0 Å². The number of carbonyl (C=O) groups is 1. The highest BCUT2D eigenvalue weighted by Crippen LogP contribution is 2.22. The van der Waals surface area contributed by atoms with Crippen molar-refractivity contribution in [3.05, 3.63) is 16.1 Å². The van der Waals surface area contributed by atoms with Crippen molar-refractivity contribution in [2.45, 2.75) is 38.5 Å². The molecule has 0 bridgehead atoms. The number of aliphatic carboxylic acids is 1. The van der Waals surface area contributed by atoms with Crippen molar-refractivity contribution in [2.75, 3.05) is 19.6 Å². The molecular formula is C13H20N2O2S. The van der Waals surface area contributed by atoms with Gasteiger partial charge < -0.3 is 10.0 Å². The summed E-state index contributed by atoms with van der Waals surface area (Å²) in [5.74, 6) is -0.411. The van der Waals surface area contributed by atoms with E-state index in [1.807, 2.05) is 5.38 Å². The number of carboxylic acids is 1. The molecule has 1 aliphatic rings. The van der Waals surface area contributed by atoms with Crippen molar-refractivity contribution < 1.29 is 9.90 Å². The number of thiazole rings is 1. The number of aromatic nitrogens is 1. The molecule has 100 valence electrons. The van der Waals surface area contributed by atoms with Gasteiger partial charge in [0.25, 0.3) is 0 Å². The second-order valence-corrected chi connectivity index (χ2v) is 5.90. The van der Waals surface area contributed by atoms with E-state index in [2.05, 4.69) is 16.8 Å². The Morgan fingerprint density at radius 3 is 2.89 bits per heavy atom. The monoisotopic (exact) mass is 268 g/mol. The van der Waals surface area contributed by atoms with Crippen molar-refractivity contribution in [1.82, 2.24) is 9.88 Å². The molecule has 1 aromatic rings. The molecule has 1 fully saturated rings. The van der Waals surface area contributed by atoms with Gasteiger partial charge in [0.1, 0.15) is 0 Å². The van der Waals surface area contributed by atoms with Gasteiger partial charge in [0.05, 0.1) is 17.1 Å². The van der Waals surface area contributed by atoms with Gasteiger partial charge in [-0.15, -0.1) is 11.3 Å². The quantitative estimate of drug-likeness (QED) is 0.890. The van der Waals surface area contributed by atoms with E-state index < -0.39 is 5.97 Å². The molecule has 1 aliphatic heterocycles. The van der Waals surface area contributed by atoms with Crippen LogP contribution in [-0.2, 0) is 11.2 Å². The second-order valence-electron chi connectivity index (χ2n) is 5.01. The molecule has 0 amide bonds. The molecular weight excluding hydrogens is 248 g/mol. The molecule has 1 saturated heterocycles. The molecule has 2 rings (SSSR count). The zero-order valence-electron chi connectivity index (χ0n) is 10.8. The average Bonchev–Trinajstić information content (AvgIpc) is 2.78. The Labute approximate surface area is 112 Å². The molecule has 5 heteroatoms. The van der Waals surface area contributed by atoms with Crippen LogP contribution in [0.5, 0.6) is 0 Å². The molecule has 0 saturated carbocycles. The van der Waals surface area contributed by atoms with E-state index in [9.17, 15) is 4.79 Å². The Hall–Kier alpha value is -0.940. The lowest BCUT2D eigenvalue weighted by Gasteiger charge is -2.28. The van der Waals surface area contributed by atoms with Crippen LogP contribution < -0.4 is 0 Å². The van der Waals surface area contributed by atoms with E-state index in [0.29, 0.717) is 11.6 Å². The lowest BCUT2D eigenvalue weighted by molar-refractivity contribution is -0.136. The van der Waals surface area contributed by atoms with Crippen molar-refractivity contribution in [1.29, 1.82) is 0 Å². The highest BCUT2D eigenvalue weighted by atomic mass is 32.1. The van der Waals surface area contributed by atoms with Crippen LogP contribution in [0.25, 0.3) is 0 Å². The maximum absolute atomic E-state index is 10.6. The third-order valence-electron chi connectivity index (χ3n) is 3.30. The lowest BCUT2D eigenvalue weighted by Crippen LogP contribution is -2.32. The van der Waals surface area contributed by atoms with E-state index in [1.165, 1.54) is 32.4 Å². The Morgan fingerprint density at radius 1 is 1.50 bits per heavy atom. The number of piperidine rings is 1. The third-order valence-corrected chi connectivity index (χ3v) is 4.43. The summed E-state index contributed by atoms with van der Waals surface area (Å²) in [7, 11) is 0. The highest BCUT2D eigenvalue weighted by Gasteiger charge is 2.17. The highest BCUT2D eigenvalue weighted by molar-refractivity contribution is 7.09. The number of hydrogen-bond donors (Lipinski definition) is 1. The number of nitrogens with zero attached hydrogens (tertiary/aromatic N) is 2. The van der Waals surface area contributed by atoms with E-state index in [0.717, 1.165) is 11.6 Å². The Balaban J connectivity index is 1.89. The first kappa shape index (κ1) is 13.5. The molecule has 0 aliphatic carbocycles. The van der Waals surface area contributed by atoms with Gasteiger partial charge in [-0.3, -0.25) is 4.79 Å². The van der Waals surface area contributed by atoms with E-state index >= 15 is 0 Å². The molecule has 4 nitrogen and oxygen atoms in total. The molecule has 18 heavy (non-hydrogen) atoms. The first-order chi connectivity index (χ1) is 8.65. The van der Waals surface area contributed by atoms with Crippen LogP contribution in [0.2, 0.25) is 0 Å². The van der Waals surface area contributed by atoms with Gasteiger partial charge in [-0.25, -0.2) is 4.98 Å². The van der Waals surface area contributed by atoms with Crippen molar-refractivity contribution in [3.8, 4) is 0 Å². The van der Waals surface area contributed by atoms with Gasteiger partial charge in [0.15, 0.2) is 0 Å². The fourth-order valence-corrected chi connectivity index (χ4v) is 3.26. The summed E-state index contributed by atoms with van der Waals surface area (Å²) in [6.07, 6.45) is 3.99.